The Kier molecular flexibility index (Phi) is 14.6. The molecule has 0 fully saturated rings. The van der Waals surface area contributed by atoms with Gasteiger partial charge in [-0.1, -0.05) is 43.2 Å². The number of rotatable bonds is 11. The molecule has 0 saturated heterocycles. The lowest BCUT2D eigenvalue weighted by Crippen LogP contribution is -2.42. The van der Waals surface area contributed by atoms with Crippen LogP contribution in [0.3, 0.4) is 0 Å². The van der Waals surface area contributed by atoms with Crippen molar-refractivity contribution in [2.45, 2.75) is 46.1 Å². The summed E-state index contributed by atoms with van der Waals surface area (Å²) in [6.07, 6.45) is 3.05. The Morgan fingerprint density at radius 2 is 1.78 bits per heavy atom. The molecule has 27 heavy (non-hydrogen) atoms. The second-order valence-electron chi connectivity index (χ2n) is 7.16. The number of aryl methyl sites for hydroxylation is 1. The predicted molar refractivity (Wildman–Crippen MR) is 127 cm³/mol. The molecule has 0 heterocycles. The molecule has 156 valence electrons. The summed E-state index contributed by atoms with van der Waals surface area (Å²) in [5, 5.41) is 16.1. The van der Waals surface area contributed by atoms with Gasteiger partial charge in [-0.3, -0.25) is 4.99 Å². The van der Waals surface area contributed by atoms with Gasteiger partial charge < -0.3 is 20.6 Å². The Morgan fingerprint density at radius 3 is 2.30 bits per heavy atom. The maximum Gasteiger partial charge on any atom is 0.191 e. The van der Waals surface area contributed by atoms with E-state index in [9.17, 15) is 5.11 Å². The van der Waals surface area contributed by atoms with Crippen molar-refractivity contribution in [2.75, 3.05) is 40.3 Å². The maximum absolute atomic E-state index is 9.23. The molecule has 5 nitrogen and oxygen atoms in total. The number of halogens is 1. The summed E-state index contributed by atoms with van der Waals surface area (Å²) in [7, 11) is 4.21. The van der Waals surface area contributed by atoms with Crippen LogP contribution in [0.2, 0.25) is 0 Å². The third kappa shape index (κ3) is 10.3. The Bertz CT molecular complexity index is 513. The molecular weight excluding hydrogens is 451 g/mol. The van der Waals surface area contributed by atoms with Crippen molar-refractivity contribution >= 4 is 29.9 Å². The molecule has 6 heteroatoms. The fourth-order valence-electron chi connectivity index (χ4n) is 3.06. The smallest absolute Gasteiger partial charge is 0.191 e. The van der Waals surface area contributed by atoms with Crippen molar-refractivity contribution in [1.82, 2.24) is 15.5 Å². The van der Waals surface area contributed by atoms with E-state index in [0.29, 0.717) is 5.92 Å². The Hall–Kier alpha value is -0.860. The largest absolute Gasteiger partial charge is 0.396 e. The number of likely N-dealkylation sites (N-methyl/N-ethyl adjacent to an activating group) is 1. The molecule has 0 aromatic heterocycles. The van der Waals surface area contributed by atoms with Crippen LogP contribution in [0.4, 0.5) is 0 Å². The average molecular weight is 490 g/mol. The van der Waals surface area contributed by atoms with Crippen LogP contribution < -0.4 is 10.6 Å². The Labute approximate surface area is 183 Å². The van der Waals surface area contributed by atoms with Crippen LogP contribution in [0.15, 0.2) is 29.3 Å². The molecule has 1 rings (SSSR count). The van der Waals surface area contributed by atoms with Crippen LogP contribution in [0.5, 0.6) is 0 Å². The van der Waals surface area contributed by atoms with Gasteiger partial charge in [-0.15, -0.1) is 24.0 Å². The minimum Gasteiger partial charge on any atom is -0.396 e. The predicted octanol–water partition coefficient (Wildman–Crippen LogP) is 3.57. The molecule has 0 amide bonds. The van der Waals surface area contributed by atoms with Crippen LogP contribution in [0.1, 0.15) is 50.3 Å². The fraction of sp³-hybridized carbons (Fsp3) is 0.667. The average Bonchev–Trinajstić information content (AvgIpc) is 2.61. The molecule has 0 bridgehead atoms. The molecule has 0 radical (unpaired) electrons. The van der Waals surface area contributed by atoms with E-state index in [1.54, 1.807) is 0 Å². The van der Waals surface area contributed by atoms with Crippen molar-refractivity contribution in [3.8, 4) is 0 Å². The summed E-state index contributed by atoms with van der Waals surface area (Å²) in [5.74, 6) is 1.30. The number of hydrogen-bond acceptors (Lipinski definition) is 3. The minimum absolute atomic E-state index is 0. The summed E-state index contributed by atoms with van der Waals surface area (Å²) in [4.78, 5) is 6.98. The standard InChI is InChI=1S/C21H38N4O.HI/c1-6-8-18(13-14-26)15-23-21(22-7-2)24-16-20(25(4)5)19-11-9-17(3)10-12-19;/h9-12,18,20,26H,6-8,13-16H2,1-5H3,(H2,22,23,24);1H. The molecule has 1 aromatic rings. The van der Waals surface area contributed by atoms with Gasteiger partial charge >= 0.3 is 0 Å². The van der Waals surface area contributed by atoms with Crippen LogP contribution in [0.25, 0.3) is 0 Å². The topological polar surface area (TPSA) is 59.9 Å². The van der Waals surface area contributed by atoms with Gasteiger partial charge in [0.25, 0.3) is 0 Å². The number of hydrogen-bond donors (Lipinski definition) is 3. The molecule has 0 aliphatic heterocycles. The Morgan fingerprint density at radius 1 is 1.11 bits per heavy atom. The van der Waals surface area contributed by atoms with Crippen LogP contribution in [0, 0.1) is 12.8 Å². The van der Waals surface area contributed by atoms with E-state index in [1.807, 2.05) is 0 Å². The van der Waals surface area contributed by atoms with Crippen molar-refractivity contribution in [1.29, 1.82) is 0 Å². The first-order valence-corrected chi connectivity index (χ1v) is 9.87. The number of nitrogens with one attached hydrogen (secondary N) is 2. The SMILES string of the molecule is CCCC(CCO)CN=C(NCC)NCC(c1ccc(C)cc1)N(C)C.I. The van der Waals surface area contributed by atoms with Gasteiger partial charge in [0.05, 0.1) is 6.04 Å². The molecule has 2 unspecified atom stereocenters. The third-order valence-electron chi connectivity index (χ3n) is 4.63. The van der Waals surface area contributed by atoms with Crippen LogP contribution in [-0.2, 0) is 0 Å². The molecule has 0 saturated carbocycles. The van der Waals surface area contributed by atoms with Gasteiger partial charge in [0.2, 0.25) is 0 Å². The van der Waals surface area contributed by atoms with Gasteiger partial charge in [-0.05, 0) is 52.3 Å². The number of benzene rings is 1. The number of aliphatic imine (C=N–C) groups is 1. The van der Waals surface area contributed by atoms with E-state index < -0.39 is 0 Å². The molecule has 2 atom stereocenters. The number of aliphatic hydroxyl groups is 1. The monoisotopic (exact) mass is 490 g/mol. The summed E-state index contributed by atoms with van der Waals surface area (Å²) >= 11 is 0. The zero-order valence-corrected chi connectivity index (χ0v) is 20.0. The highest BCUT2D eigenvalue weighted by Gasteiger charge is 2.15. The van der Waals surface area contributed by atoms with Gasteiger partial charge in [0, 0.05) is 26.2 Å². The first kappa shape index (κ1) is 26.1. The van der Waals surface area contributed by atoms with Gasteiger partial charge in [0.15, 0.2) is 5.96 Å². The third-order valence-corrected chi connectivity index (χ3v) is 4.63. The molecule has 1 aromatic carbocycles. The zero-order chi connectivity index (χ0) is 19.4. The number of nitrogens with zero attached hydrogens (tertiary/aromatic N) is 2. The van der Waals surface area contributed by atoms with E-state index in [1.165, 1.54) is 11.1 Å². The van der Waals surface area contributed by atoms with Crippen LogP contribution in [-0.4, -0.2) is 56.3 Å². The second-order valence-corrected chi connectivity index (χ2v) is 7.16. The Balaban J connectivity index is 0.00000676. The summed E-state index contributed by atoms with van der Waals surface area (Å²) in [5.41, 5.74) is 2.58. The highest BCUT2D eigenvalue weighted by molar-refractivity contribution is 14.0. The highest BCUT2D eigenvalue weighted by atomic mass is 127. The zero-order valence-electron chi connectivity index (χ0n) is 17.7. The van der Waals surface area contributed by atoms with E-state index in [2.05, 4.69) is 74.7 Å². The first-order valence-electron chi connectivity index (χ1n) is 9.87. The quantitative estimate of drug-likeness (QED) is 0.252. The summed E-state index contributed by atoms with van der Waals surface area (Å²) in [6, 6.07) is 9.00. The molecule has 0 aliphatic carbocycles. The fourth-order valence-corrected chi connectivity index (χ4v) is 3.06. The lowest BCUT2D eigenvalue weighted by molar-refractivity contribution is 0.253. The summed E-state index contributed by atoms with van der Waals surface area (Å²) < 4.78 is 0. The van der Waals surface area contributed by atoms with Crippen molar-refractivity contribution in [3.05, 3.63) is 35.4 Å². The minimum atomic E-state index is 0. The van der Waals surface area contributed by atoms with Crippen molar-refractivity contribution in [3.63, 3.8) is 0 Å². The van der Waals surface area contributed by atoms with Crippen LogP contribution >= 0.6 is 24.0 Å². The van der Waals surface area contributed by atoms with Gasteiger partial charge in [0.1, 0.15) is 0 Å². The van der Waals surface area contributed by atoms with Crippen molar-refractivity contribution in [2.24, 2.45) is 10.9 Å². The maximum atomic E-state index is 9.23. The normalized spacial score (nSPS) is 13.8. The highest BCUT2D eigenvalue weighted by Crippen LogP contribution is 2.18. The molecule has 0 aliphatic rings. The number of aliphatic hydroxyl groups excluding tert-OH is 1. The lowest BCUT2D eigenvalue weighted by atomic mass is 10.0. The van der Waals surface area contributed by atoms with E-state index in [0.717, 1.165) is 44.9 Å². The molecular formula is C21H39IN4O. The number of guanidine groups is 1. The van der Waals surface area contributed by atoms with Crippen molar-refractivity contribution < 1.29 is 5.11 Å². The van der Waals surface area contributed by atoms with Gasteiger partial charge in [-0.2, -0.15) is 0 Å². The molecule has 0 spiro atoms. The lowest BCUT2D eigenvalue weighted by Gasteiger charge is -2.26. The van der Waals surface area contributed by atoms with Gasteiger partial charge in [-0.25, -0.2) is 0 Å². The molecule has 3 N–H and O–H groups in total. The van der Waals surface area contributed by atoms with E-state index in [4.69, 9.17) is 4.99 Å². The first-order chi connectivity index (χ1) is 12.5. The van der Waals surface area contributed by atoms with E-state index >= 15 is 0 Å². The van der Waals surface area contributed by atoms with E-state index in [-0.39, 0.29) is 36.6 Å². The summed E-state index contributed by atoms with van der Waals surface area (Å²) in [6.45, 7) is 8.99. The second kappa shape index (κ2) is 15.1.